The Balaban J connectivity index is 0.944. The van der Waals surface area contributed by atoms with Gasteiger partial charge in [0.25, 0.3) is 0 Å². The smallest absolute Gasteiger partial charge is 0.407 e. The van der Waals surface area contributed by atoms with Crippen molar-refractivity contribution in [1.29, 1.82) is 0 Å². The summed E-state index contributed by atoms with van der Waals surface area (Å²) in [6.45, 7) is 3.32. The number of carbonyl (C=O) groups is 3. The van der Waals surface area contributed by atoms with Gasteiger partial charge in [-0.15, -0.1) is 0 Å². The number of hydrogen-bond acceptors (Lipinski definition) is 7. The molecule has 2 aromatic heterocycles. The van der Waals surface area contributed by atoms with Gasteiger partial charge in [-0.05, 0) is 83.0 Å². The van der Waals surface area contributed by atoms with E-state index in [0.717, 1.165) is 88.2 Å². The van der Waals surface area contributed by atoms with Gasteiger partial charge >= 0.3 is 6.09 Å². The molecule has 2 aliphatic carbocycles. The first kappa shape index (κ1) is 34.6. The molecule has 8 rings (SSSR count). The molecule has 2 bridgehead atoms. The van der Waals surface area contributed by atoms with Gasteiger partial charge in [-0.3, -0.25) is 9.59 Å². The number of aromatic nitrogens is 4. The van der Waals surface area contributed by atoms with Crippen LogP contribution in [0, 0.1) is 11.3 Å². The van der Waals surface area contributed by atoms with E-state index < -0.39 is 6.09 Å². The second kappa shape index (κ2) is 14.1. The lowest BCUT2D eigenvalue weighted by molar-refractivity contribution is -0.137. The van der Waals surface area contributed by atoms with Crippen LogP contribution in [0.15, 0.2) is 73.1 Å². The fraction of sp³-hybridized carbons (Fsp3) is 0.390. The van der Waals surface area contributed by atoms with Gasteiger partial charge in [-0.1, -0.05) is 55.5 Å². The number of likely N-dealkylation sites (tertiary alicyclic amines) is 1. The second-order valence-corrected chi connectivity index (χ2v) is 15.1. The molecule has 0 spiro atoms. The summed E-state index contributed by atoms with van der Waals surface area (Å²) in [5.41, 5.74) is 6.27. The van der Waals surface area contributed by atoms with E-state index in [0.29, 0.717) is 19.0 Å². The number of fused-ring (bicyclic) bond motifs is 3. The number of methoxy groups -OCH3 is 2. The molecular formula is C41H45N7O5. The zero-order chi connectivity index (χ0) is 36.7. The summed E-state index contributed by atoms with van der Waals surface area (Å²) in [6.07, 6.45) is 8.32. The molecule has 3 aromatic carbocycles. The highest BCUT2D eigenvalue weighted by Gasteiger charge is 2.49. The molecule has 1 saturated heterocycles. The van der Waals surface area contributed by atoms with Gasteiger partial charge in [0.2, 0.25) is 11.8 Å². The number of H-pyrrole nitrogens is 2. The van der Waals surface area contributed by atoms with E-state index in [4.69, 9.17) is 9.72 Å². The Hall–Kier alpha value is -5.49. The molecular weight excluding hydrogens is 670 g/mol. The van der Waals surface area contributed by atoms with Crippen molar-refractivity contribution in [3.05, 3.63) is 84.7 Å². The fourth-order valence-corrected chi connectivity index (χ4v) is 8.13. The minimum atomic E-state index is -0.615. The Kier molecular flexibility index (Phi) is 9.23. The quantitative estimate of drug-likeness (QED) is 0.134. The van der Waals surface area contributed by atoms with Crippen molar-refractivity contribution in [2.75, 3.05) is 33.9 Å². The lowest BCUT2D eigenvalue weighted by Crippen LogP contribution is -2.45. The van der Waals surface area contributed by atoms with Crippen molar-refractivity contribution in [3.8, 4) is 33.6 Å². The van der Waals surface area contributed by atoms with E-state index in [1.54, 1.807) is 7.11 Å². The van der Waals surface area contributed by atoms with Crippen LogP contribution < -0.4 is 5.32 Å². The third-order valence-corrected chi connectivity index (χ3v) is 11.3. The van der Waals surface area contributed by atoms with Crippen LogP contribution >= 0.6 is 0 Å². The van der Waals surface area contributed by atoms with Crippen LogP contribution in [0.1, 0.15) is 56.7 Å². The predicted molar refractivity (Wildman–Crippen MR) is 200 cm³/mol. The Morgan fingerprint density at radius 3 is 2.30 bits per heavy atom. The highest BCUT2D eigenvalue weighted by Crippen LogP contribution is 2.50. The third-order valence-electron chi connectivity index (χ3n) is 11.3. The number of nitrogens with one attached hydrogen (secondary N) is 3. The standard InChI is InChI=1S/C41H45N7O5/c1-41(14-15-41)24-47(37(50)23-52-2)22-35-42-19-34(45-35)30-11-10-28-16-27(8-9-29(28)17-30)25-4-6-26(7-5-25)33-20-43-39(46-33)38-31-12-13-32(18-31)48(38)36(49)21-44-40(51)53-3/h4-11,16-17,19-20,31-32,38H,12-15,18,21-24H2,1-3H3,(H,42,45)(H,43,46)(H,44,51)/t31-,32+,38-/m0/s1. The predicted octanol–water partition coefficient (Wildman–Crippen LogP) is 6.47. The highest BCUT2D eigenvalue weighted by molar-refractivity contribution is 5.90. The molecule has 0 unspecified atom stereocenters. The topological polar surface area (TPSA) is 146 Å². The molecule has 2 saturated carbocycles. The van der Waals surface area contributed by atoms with E-state index in [9.17, 15) is 14.4 Å². The largest absolute Gasteiger partial charge is 0.453 e. The summed E-state index contributed by atoms with van der Waals surface area (Å²) >= 11 is 0. The van der Waals surface area contributed by atoms with Crippen LogP contribution in [0.5, 0.6) is 0 Å². The number of carbonyl (C=O) groups excluding carboxylic acids is 3. The minimum Gasteiger partial charge on any atom is -0.453 e. The fourth-order valence-electron chi connectivity index (χ4n) is 8.13. The van der Waals surface area contributed by atoms with Crippen LogP contribution in [0.25, 0.3) is 44.4 Å². The van der Waals surface area contributed by atoms with E-state index in [2.05, 4.69) is 92.6 Å². The van der Waals surface area contributed by atoms with Crippen LogP contribution in [-0.2, 0) is 25.6 Å². The van der Waals surface area contributed by atoms with Gasteiger partial charge in [0.15, 0.2) is 0 Å². The van der Waals surface area contributed by atoms with Crippen molar-refractivity contribution < 1.29 is 23.9 Å². The molecule has 1 aliphatic heterocycles. The zero-order valence-electron chi connectivity index (χ0n) is 30.4. The molecule has 0 radical (unpaired) electrons. The third kappa shape index (κ3) is 7.15. The first-order valence-electron chi connectivity index (χ1n) is 18.3. The number of benzene rings is 3. The van der Waals surface area contributed by atoms with Gasteiger partial charge in [0, 0.05) is 25.3 Å². The van der Waals surface area contributed by atoms with Gasteiger partial charge in [0.1, 0.15) is 24.8 Å². The summed E-state index contributed by atoms with van der Waals surface area (Å²) in [5.74, 6) is 1.74. The molecule has 3 fully saturated rings. The van der Waals surface area contributed by atoms with Gasteiger partial charge < -0.3 is 34.6 Å². The van der Waals surface area contributed by atoms with Crippen LogP contribution in [0.2, 0.25) is 0 Å². The molecule has 274 valence electrons. The summed E-state index contributed by atoms with van der Waals surface area (Å²) < 4.78 is 9.77. The lowest BCUT2D eigenvalue weighted by Gasteiger charge is -2.34. The van der Waals surface area contributed by atoms with E-state index in [-0.39, 0.29) is 42.5 Å². The molecule has 3 amide bonds. The summed E-state index contributed by atoms with van der Waals surface area (Å²) in [7, 11) is 2.84. The molecule has 12 heteroatoms. The molecule has 5 aromatic rings. The maximum absolute atomic E-state index is 13.2. The van der Waals surface area contributed by atoms with Gasteiger partial charge in [-0.25, -0.2) is 14.8 Å². The van der Waals surface area contributed by atoms with Crippen molar-refractivity contribution in [2.45, 2.75) is 57.7 Å². The maximum atomic E-state index is 13.2. The first-order chi connectivity index (χ1) is 25.7. The number of nitrogens with zero attached hydrogens (tertiary/aromatic N) is 4. The van der Waals surface area contributed by atoms with Crippen molar-refractivity contribution in [2.24, 2.45) is 11.3 Å². The Morgan fingerprint density at radius 2 is 1.57 bits per heavy atom. The van der Waals surface area contributed by atoms with Crippen molar-refractivity contribution >= 4 is 28.7 Å². The lowest BCUT2D eigenvalue weighted by atomic mass is 9.97. The zero-order valence-corrected chi connectivity index (χ0v) is 30.4. The van der Waals surface area contributed by atoms with E-state index >= 15 is 0 Å². The van der Waals surface area contributed by atoms with E-state index in [1.807, 2.05) is 22.2 Å². The molecule has 3 heterocycles. The average Bonchev–Trinajstić information content (AvgIpc) is 3.72. The van der Waals surface area contributed by atoms with Gasteiger partial charge in [0.05, 0.1) is 43.5 Å². The number of imidazole rings is 2. The number of amides is 3. The monoisotopic (exact) mass is 715 g/mol. The molecule has 3 N–H and O–H groups in total. The Labute approximate surface area is 308 Å². The molecule has 3 atom stereocenters. The molecule has 3 aliphatic rings. The first-order valence-corrected chi connectivity index (χ1v) is 18.3. The van der Waals surface area contributed by atoms with E-state index in [1.165, 1.54) is 7.11 Å². The van der Waals surface area contributed by atoms with Crippen LogP contribution in [0.4, 0.5) is 4.79 Å². The van der Waals surface area contributed by atoms with Crippen LogP contribution in [0.3, 0.4) is 0 Å². The van der Waals surface area contributed by atoms with Crippen molar-refractivity contribution in [3.63, 3.8) is 0 Å². The molecule has 12 nitrogen and oxygen atoms in total. The Morgan fingerprint density at radius 1 is 0.887 bits per heavy atom. The average molecular weight is 716 g/mol. The summed E-state index contributed by atoms with van der Waals surface area (Å²) in [4.78, 5) is 57.5. The normalized spacial score (nSPS) is 19.8. The molecule has 53 heavy (non-hydrogen) atoms. The van der Waals surface area contributed by atoms with Gasteiger partial charge in [-0.2, -0.15) is 0 Å². The Bertz CT molecular complexity index is 2150. The minimum absolute atomic E-state index is 0.0225. The summed E-state index contributed by atoms with van der Waals surface area (Å²) in [6, 6.07) is 21.3. The number of hydrogen-bond donors (Lipinski definition) is 3. The maximum Gasteiger partial charge on any atom is 0.407 e. The second-order valence-electron chi connectivity index (χ2n) is 15.1. The number of rotatable bonds is 12. The number of alkyl carbamates (subject to hydrolysis) is 1. The number of piperidine rings is 1. The summed E-state index contributed by atoms with van der Waals surface area (Å²) in [5, 5.41) is 4.78. The van der Waals surface area contributed by atoms with Crippen molar-refractivity contribution in [1.82, 2.24) is 35.1 Å². The highest BCUT2D eigenvalue weighted by atomic mass is 16.5. The number of ether oxygens (including phenoxy) is 2. The SMILES string of the molecule is COCC(=O)N(Cc1ncc(-c2ccc3cc(-c4ccc(-c5cnc([C@@H]6[C@H]7CC[C@H](C7)N6C(=O)CNC(=O)OC)[nH]5)cc4)ccc3c2)[nH]1)CC1(C)CC1. The number of aromatic amines is 2. The van der Waals surface area contributed by atoms with Crippen LogP contribution in [-0.4, -0.2) is 87.6 Å².